The lowest BCUT2D eigenvalue weighted by molar-refractivity contribution is -0.134. The second-order valence-electron chi connectivity index (χ2n) is 5.09. The highest BCUT2D eigenvalue weighted by molar-refractivity contribution is 6.58. The first kappa shape index (κ1) is 17.7. The van der Waals surface area contributed by atoms with Gasteiger partial charge in [0.25, 0.3) is 0 Å². The fraction of sp³-hybridized carbons (Fsp3) is 0.533. The summed E-state index contributed by atoms with van der Waals surface area (Å²) in [5.41, 5.74) is 3.70. The molecule has 3 N–H and O–H groups in total. The van der Waals surface area contributed by atoms with Crippen LogP contribution < -0.4 is 10.9 Å². The maximum absolute atomic E-state index is 11.5. The highest BCUT2D eigenvalue weighted by Crippen LogP contribution is 2.05. The number of amides is 1. The summed E-state index contributed by atoms with van der Waals surface area (Å²) in [6.45, 7) is 2.41. The van der Waals surface area contributed by atoms with E-state index in [1.54, 1.807) is 24.3 Å². The van der Waals surface area contributed by atoms with E-state index < -0.39 is 7.12 Å². The van der Waals surface area contributed by atoms with E-state index >= 15 is 0 Å². The van der Waals surface area contributed by atoms with Crippen LogP contribution in [0.5, 0.6) is 0 Å². The first-order valence-corrected chi connectivity index (χ1v) is 7.49. The Kier molecular flexibility index (Phi) is 8.74. The lowest BCUT2D eigenvalue weighted by Crippen LogP contribution is -2.29. The molecule has 0 aliphatic heterocycles. The number of benzene rings is 1. The van der Waals surface area contributed by atoms with Gasteiger partial charge in [-0.2, -0.15) is 0 Å². The molecule has 6 heteroatoms. The van der Waals surface area contributed by atoms with E-state index in [-0.39, 0.29) is 12.5 Å². The molecule has 0 saturated carbocycles. The van der Waals surface area contributed by atoms with Crippen molar-refractivity contribution in [3.05, 3.63) is 29.8 Å². The molecule has 116 valence electrons. The van der Waals surface area contributed by atoms with Gasteiger partial charge in [-0.05, 0) is 17.4 Å². The molecule has 0 atom stereocenters. The molecule has 0 aliphatic rings. The topological polar surface area (TPSA) is 78.8 Å². The van der Waals surface area contributed by atoms with E-state index in [1.807, 2.05) is 0 Å². The van der Waals surface area contributed by atoms with Crippen molar-refractivity contribution >= 4 is 18.5 Å². The van der Waals surface area contributed by atoms with Crippen molar-refractivity contribution in [3.8, 4) is 0 Å². The molecular weight excluding hydrogens is 269 g/mol. The minimum atomic E-state index is -1.47. The SMILES string of the molecule is CCCCCCCC(=O)NOCc1ccc(B(O)O)cc1. The van der Waals surface area contributed by atoms with Crippen LogP contribution in [0.25, 0.3) is 0 Å². The van der Waals surface area contributed by atoms with Crippen LogP contribution in [0.1, 0.15) is 51.0 Å². The highest BCUT2D eigenvalue weighted by atomic mass is 16.6. The zero-order chi connectivity index (χ0) is 15.5. The van der Waals surface area contributed by atoms with Crippen LogP contribution in [0, 0.1) is 0 Å². The molecule has 0 aliphatic carbocycles. The molecule has 0 unspecified atom stereocenters. The summed E-state index contributed by atoms with van der Waals surface area (Å²) >= 11 is 0. The van der Waals surface area contributed by atoms with Crippen LogP contribution in [0.4, 0.5) is 0 Å². The lowest BCUT2D eigenvalue weighted by Gasteiger charge is -2.07. The summed E-state index contributed by atoms with van der Waals surface area (Å²) in [5.74, 6) is -0.103. The third-order valence-electron chi connectivity index (χ3n) is 3.21. The van der Waals surface area contributed by atoms with Gasteiger partial charge in [0.1, 0.15) is 0 Å². The molecular formula is C15H24BNO4. The van der Waals surface area contributed by atoms with E-state index in [0.717, 1.165) is 18.4 Å². The Morgan fingerprint density at radius 2 is 1.81 bits per heavy atom. The monoisotopic (exact) mass is 293 g/mol. The standard InChI is InChI=1S/C15H24BNO4/c1-2-3-4-5-6-7-15(18)17-21-12-13-8-10-14(11-9-13)16(19)20/h8-11,19-20H,2-7,12H2,1H3,(H,17,18). The molecule has 0 heterocycles. The molecule has 1 rings (SSSR count). The van der Waals surface area contributed by atoms with Crippen molar-refractivity contribution in [3.63, 3.8) is 0 Å². The normalized spacial score (nSPS) is 10.4. The number of nitrogens with one attached hydrogen (secondary N) is 1. The molecule has 0 aromatic heterocycles. The Labute approximate surface area is 126 Å². The molecule has 0 radical (unpaired) electrons. The summed E-state index contributed by atoms with van der Waals surface area (Å²) < 4.78 is 0. The Balaban J connectivity index is 2.13. The molecule has 21 heavy (non-hydrogen) atoms. The number of hydroxylamine groups is 1. The first-order valence-electron chi connectivity index (χ1n) is 7.49. The number of hydrogen-bond acceptors (Lipinski definition) is 4. The fourth-order valence-corrected chi connectivity index (χ4v) is 1.93. The van der Waals surface area contributed by atoms with Gasteiger partial charge in [0.2, 0.25) is 5.91 Å². The van der Waals surface area contributed by atoms with Gasteiger partial charge < -0.3 is 10.0 Å². The minimum absolute atomic E-state index is 0.103. The van der Waals surface area contributed by atoms with E-state index in [4.69, 9.17) is 14.9 Å². The minimum Gasteiger partial charge on any atom is -0.423 e. The van der Waals surface area contributed by atoms with Crippen LogP contribution in [-0.2, 0) is 16.2 Å². The summed E-state index contributed by atoms with van der Waals surface area (Å²) in [7, 11) is -1.47. The van der Waals surface area contributed by atoms with Gasteiger partial charge >= 0.3 is 7.12 Å². The lowest BCUT2D eigenvalue weighted by atomic mass is 9.80. The van der Waals surface area contributed by atoms with Crippen molar-refractivity contribution in [2.75, 3.05) is 0 Å². The zero-order valence-electron chi connectivity index (χ0n) is 12.5. The largest absolute Gasteiger partial charge is 0.488 e. The van der Waals surface area contributed by atoms with Gasteiger partial charge in [-0.15, -0.1) is 0 Å². The molecule has 0 bridgehead atoms. The third-order valence-corrected chi connectivity index (χ3v) is 3.21. The van der Waals surface area contributed by atoms with Gasteiger partial charge in [-0.3, -0.25) is 9.63 Å². The van der Waals surface area contributed by atoms with Gasteiger partial charge in [0.05, 0.1) is 6.61 Å². The molecule has 1 aromatic carbocycles. The molecule has 0 spiro atoms. The van der Waals surface area contributed by atoms with E-state index in [9.17, 15) is 4.79 Å². The Hall–Kier alpha value is -1.37. The van der Waals surface area contributed by atoms with Crippen molar-refractivity contribution in [2.24, 2.45) is 0 Å². The summed E-state index contributed by atoms with van der Waals surface area (Å²) in [4.78, 5) is 16.6. The van der Waals surface area contributed by atoms with Crippen molar-refractivity contribution < 1.29 is 19.7 Å². The van der Waals surface area contributed by atoms with Crippen LogP contribution in [0.3, 0.4) is 0 Å². The Morgan fingerprint density at radius 1 is 1.14 bits per heavy atom. The van der Waals surface area contributed by atoms with E-state index in [1.165, 1.54) is 19.3 Å². The quantitative estimate of drug-likeness (QED) is 0.345. The molecule has 1 aromatic rings. The van der Waals surface area contributed by atoms with Crippen LogP contribution in [-0.4, -0.2) is 23.1 Å². The van der Waals surface area contributed by atoms with Crippen molar-refractivity contribution in [1.82, 2.24) is 5.48 Å². The predicted octanol–water partition coefficient (Wildman–Crippen LogP) is 1.27. The van der Waals surface area contributed by atoms with Gasteiger partial charge in [0.15, 0.2) is 0 Å². The predicted molar refractivity (Wildman–Crippen MR) is 82.6 cm³/mol. The Bertz CT molecular complexity index is 409. The maximum atomic E-state index is 11.5. The fourth-order valence-electron chi connectivity index (χ4n) is 1.93. The first-order chi connectivity index (χ1) is 10.1. The second kappa shape index (κ2) is 10.4. The molecule has 0 fully saturated rings. The number of unbranched alkanes of at least 4 members (excludes halogenated alkanes) is 4. The van der Waals surface area contributed by atoms with E-state index in [2.05, 4.69) is 12.4 Å². The van der Waals surface area contributed by atoms with E-state index in [0.29, 0.717) is 11.9 Å². The van der Waals surface area contributed by atoms with Gasteiger partial charge in [0, 0.05) is 6.42 Å². The Morgan fingerprint density at radius 3 is 2.43 bits per heavy atom. The van der Waals surface area contributed by atoms with Crippen LogP contribution in [0.2, 0.25) is 0 Å². The van der Waals surface area contributed by atoms with Crippen LogP contribution in [0.15, 0.2) is 24.3 Å². The van der Waals surface area contributed by atoms with Gasteiger partial charge in [-0.1, -0.05) is 56.9 Å². The number of rotatable bonds is 10. The molecule has 0 saturated heterocycles. The van der Waals surface area contributed by atoms with Crippen molar-refractivity contribution in [2.45, 2.75) is 52.1 Å². The second-order valence-corrected chi connectivity index (χ2v) is 5.09. The third kappa shape index (κ3) is 7.85. The summed E-state index contributed by atoms with van der Waals surface area (Å²) in [6.07, 6.45) is 6.04. The zero-order valence-corrected chi connectivity index (χ0v) is 12.5. The molecule has 1 amide bonds. The van der Waals surface area contributed by atoms with Gasteiger partial charge in [-0.25, -0.2) is 5.48 Å². The van der Waals surface area contributed by atoms with Crippen molar-refractivity contribution in [1.29, 1.82) is 0 Å². The average molecular weight is 293 g/mol. The summed E-state index contributed by atoms with van der Waals surface area (Å²) in [5, 5.41) is 17.9. The maximum Gasteiger partial charge on any atom is 0.488 e. The number of hydrogen-bond donors (Lipinski definition) is 3. The number of carbonyl (C=O) groups excluding carboxylic acids is 1. The smallest absolute Gasteiger partial charge is 0.423 e. The number of carbonyl (C=O) groups is 1. The molecule has 5 nitrogen and oxygen atoms in total. The average Bonchev–Trinajstić information content (AvgIpc) is 2.47. The summed E-state index contributed by atoms with van der Waals surface area (Å²) in [6, 6.07) is 6.68. The highest BCUT2D eigenvalue weighted by Gasteiger charge is 2.09. The van der Waals surface area contributed by atoms with Crippen LogP contribution >= 0.6 is 0 Å².